The second kappa shape index (κ2) is 6.85. The molecule has 3 nitrogen and oxygen atoms in total. The molecule has 2 aromatic rings. The molecule has 0 spiro atoms. The van der Waals surface area contributed by atoms with Crippen molar-refractivity contribution in [1.82, 2.24) is 5.32 Å². The Morgan fingerprint density at radius 1 is 1.05 bits per heavy atom. The molecule has 0 saturated carbocycles. The van der Waals surface area contributed by atoms with Gasteiger partial charge in [-0.3, -0.25) is 0 Å². The summed E-state index contributed by atoms with van der Waals surface area (Å²) >= 11 is 1.61. The summed E-state index contributed by atoms with van der Waals surface area (Å²) in [6.07, 6.45) is 1.99. The Hall–Kier alpha value is -1.94. The molecule has 0 heterocycles. The maximum atomic E-state index is 11.8. The molecular weight excluding hydrogens is 256 g/mol. The van der Waals surface area contributed by atoms with Crippen molar-refractivity contribution < 1.29 is 4.79 Å². The zero-order chi connectivity index (χ0) is 13.5. The van der Waals surface area contributed by atoms with Gasteiger partial charge >= 0.3 is 6.03 Å². The average molecular weight is 272 g/mol. The molecule has 0 unspecified atom stereocenters. The maximum Gasteiger partial charge on any atom is 0.319 e. The van der Waals surface area contributed by atoms with Crippen LogP contribution in [0, 0.1) is 0 Å². The molecule has 2 rings (SSSR count). The van der Waals surface area contributed by atoms with Crippen LogP contribution in [-0.2, 0) is 6.54 Å². The summed E-state index contributed by atoms with van der Waals surface area (Å²) in [7, 11) is 0. The zero-order valence-corrected chi connectivity index (χ0v) is 11.5. The van der Waals surface area contributed by atoms with Crippen molar-refractivity contribution >= 4 is 23.5 Å². The first-order valence-corrected chi connectivity index (χ1v) is 7.24. The minimum atomic E-state index is -0.189. The molecule has 0 atom stereocenters. The van der Waals surface area contributed by atoms with E-state index in [1.807, 2.05) is 60.9 Å². The van der Waals surface area contributed by atoms with Crippen LogP contribution >= 0.6 is 11.8 Å². The Kier molecular flexibility index (Phi) is 4.86. The number of benzene rings is 2. The molecule has 0 saturated heterocycles. The first kappa shape index (κ1) is 13.5. The van der Waals surface area contributed by atoms with E-state index in [4.69, 9.17) is 0 Å². The smallest absolute Gasteiger partial charge is 0.319 e. The highest BCUT2D eigenvalue weighted by Crippen LogP contribution is 2.24. The van der Waals surface area contributed by atoms with E-state index in [0.717, 1.165) is 16.1 Å². The summed E-state index contributed by atoms with van der Waals surface area (Å²) in [6.45, 7) is 0.522. The molecule has 2 aromatic carbocycles. The Morgan fingerprint density at radius 2 is 1.74 bits per heavy atom. The molecule has 0 bridgehead atoms. The van der Waals surface area contributed by atoms with Gasteiger partial charge in [0.1, 0.15) is 0 Å². The molecule has 2 amide bonds. The molecule has 0 aliphatic rings. The topological polar surface area (TPSA) is 41.1 Å². The number of urea groups is 1. The molecule has 4 heteroatoms. The van der Waals surface area contributed by atoms with Crippen molar-refractivity contribution in [3.8, 4) is 0 Å². The molecule has 2 N–H and O–H groups in total. The largest absolute Gasteiger partial charge is 0.334 e. The van der Waals surface area contributed by atoms with E-state index in [-0.39, 0.29) is 6.03 Å². The number of anilines is 1. The number of hydrogen-bond donors (Lipinski definition) is 2. The highest BCUT2D eigenvalue weighted by molar-refractivity contribution is 7.98. The van der Waals surface area contributed by atoms with E-state index in [1.165, 1.54) is 0 Å². The van der Waals surface area contributed by atoms with Gasteiger partial charge in [0.05, 0.1) is 5.69 Å². The zero-order valence-electron chi connectivity index (χ0n) is 10.7. The second-order valence-corrected chi connectivity index (χ2v) is 4.84. The summed E-state index contributed by atoms with van der Waals surface area (Å²) in [5.74, 6) is 0. The molecule has 0 radical (unpaired) electrons. The second-order valence-electron chi connectivity index (χ2n) is 3.99. The van der Waals surface area contributed by atoms with E-state index in [2.05, 4.69) is 10.6 Å². The monoisotopic (exact) mass is 272 g/mol. The van der Waals surface area contributed by atoms with Gasteiger partial charge < -0.3 is 10.6 Å². The fraction of sp³-hybridized carbons (Fsp3) is 0.133. The third kappa shape index (κ3) is 4.03. The van der Waals surface area contributed by atoms with Crippen LogP contribution in [0.1, 0.15) is 5.56 Å². The van der Waals surface area contributed by atoms with Crippen molar-refractivity contribution in [2.45, 2.75) is 11.4 Å². The SMILES string of the molecule is CSc1ccccc1NC(=O)NCc1ccccc1. The first-order valence-electron chi connectivity index (χ1n) is 6.01. The number of nitrogens with one attached hydrogen (secondary N) is 2. The fourth-order valence-electron chi connectivity index (χ4n) is 1.69. The third-order valence-electron chi connectivity index (χ3n) is 2.65. The standard InChI is InChI=1S/C15H16N2OS/c1-19-14-10-6-5-9-13(14)17-15(18)16-11-12-7-3-2-4-8-12/h2-10H,11H2,1H3,(H2,16,17,18). The Morgan fingerprint density at radius 3 is 2.47 bits per heavy atom. The van der Waals surface area contributed by atoms with Gasteiger partial charge in [0.25, 0.3) is 0 Å². The lowest BCUT2D eigenvalue weighted by Gasteiger charge is -2.10. The van der Waals surface area contributed by atoms with Crippen LogP contribution in [0.3, 0.4) is 0 Å². The number of hydrogen-bond acceptors (Lipinski definition) is 2. The van der Waals surface area contributed by atoms with E-state index in [0.29, 0.717) is 6.54 Å². The van der Waals surface area contributed by atoms with E-state index >= 15 is 0 Å². The predicted octanol–water partition coefficient (Wildman–Crippen LogP) is 3.73. The summed E-state index contributed by atoms with van der Waals surface area (Å²) in [5.41, 5.74) is 1.91. The summed E-state index contributed by atoms with van der Waals surface area (Å²) < 4.78 is 0. The van der Waals surface area contributed by atoms with Gasteiger partial charge in [-0.1, -0.05) is 42.5 Å². The summed E-state index contributed by atoms with van der Waals surface area (Å²) in [6, 6.07) is 17.4. The Balaban J connectivity index is 1.91. The van der Waals surface area contributed by atoms with Crippen molar-refractivity contribution in [3.05, 3.63) is 60.2 Å². The molecule has 0 aromatic heterocycles. The van der Waals surface area contributed by atoms with Gasteiger partial charge in [-0.05, 0) is 24.0 Å². The first-order chi connectivity index (χ1) is 9.29. The Labute approximate surface area is 117 Å². The summed E-state index contributed by atoms with van der Waals surface area (Å²) in [4.78, 5) is 12.9. The number of rotatable bonds is 4. The molecule has 0 aliphatic carbocycles. The number of carbonyl (C=O) groups is 1. The van der Waals surface area contributed by atoms with Crippen LogP contribution in [-0.4, -0.2) is 12.3 Å². The lowest BCUT2D eigenvalue weighted by Crippen LogP contribution is -2.28. The van der Waals surface area contributed by atoms with Gasteiger partial charge in [-0.2, -0.15) is 0 Å². The van der Waals surface area contributed by atoms with Crippen molar-refractivity contribution in [3.63, 3.8) is 0 Å². The number of amides is 2. The van der Waals surface area contributed by atoms with Crippen LogP contribution in [0.4, 0.5) is 10.5 Å². The van der Waals surface area contributed by atoms with Gasteiger partial charge in [-0.25, -0.2) is 4.79 Å². The molecule has 0 fully saturated rings. The normalized spacial score (nSPS) is 9.95. The van der Waals surface area contributed by atoms with E-state index in [9.17, 15) is 4.79 Å². The lowest BCUT2D eigenvalue weighted by atomic mass is 10.2. The van der Waals surface area contributed by atoms with Crippen LogP contribution in [0.5, 0.6) is 0 Å². The molecule has 98 valence electrons. The van der Waals surface area contributed by atoms with Crippen molar-refractivity contribution in [1.29, 1.82) is 0 Å². The fourth-order valence-corrected chi connectivity index (χ4v) is 2.25. The van der Waals surface area contributed by atoms with Crippen LogP contribution in [0.25, 0.3) is 0 Å². The average Bonchev–Trinajstić information content (AvgIpc) is 2.47. The van der Waals surface area contributed by atoms with Crippen molar-refractivity contribution in [2.75, 3.05) is 11.6 Å². The number of carbonyl (C=O) groups excluding carboxylic acids is 1. The van der Waals surface area contributed by atoms with Crippen LogP contribution in [0.2, 0.25) is 0 Å². The van der Waals surface area contributed by atoms with Crippen LogP contribution < -0.4 is 10.6 Å². The quantitative estimate of drug-likeness (QED) is 0.833. The molecular formula is C15H16N2OS. The minimum absolute atomic E-state index is 0.189. The van der Waals surface area contributed by atoms with Gasteiger partial charge in [0, 0.05) is 11.4 Å². The third-order valence-corrected chi connectivity index (χ3v) is 3.45. The van der Waals surface area contributed by atoms with Gasteiger partial charge in [-0.15, -0.1) is 11.8 Å². The predicted molar refractivity (Wildman–Crippen MR) is 80.5 cm³/mol. The number of thioether (sulfide) groups is 1. The minimum Gasteiger partial charge on any atom is -0.334 e. The van der Waals surface area contributed by atoms with E-state index < -0.39 is 0 Å². The maximum absolute atomic E-state index is 11.8. The molecule has 19 heavy (non-hydrogen) atoms. The van der Waals surface area contributed by atoms with E-state index in [1.54, 1.807) is 11.8 Å². The van der Waals surface area contributed by atoms with Crippen LogP contribution in [0.15, 0.2) is 59.5 Å². The Bertz CT molecular complexity index is 543. The molecule has 0 aliphatic heterocycles. The van der Waals surface area contributed by atoms with Crippen molar-refractivity contribution in [2.24, 2.45) is 0 Å². The lowest BCUT2D eigenvalue weighted by molar-refractivity contribution is 0.251. The van der Waals surface area contributed by atoms with Gasteiger partial charge in [0.15, 0.2) is 0 Å². The highest BCUT2D eigenvalue weighted by Gasteiger charge is 2.04. The summed E-state index contributed by atoms with van der Waals surface area (Å²) in [5, 5.41) is 5.70. The van der Waals surface area contributed by atoms with Gasteiger partial charge in [0.2, 0.25) is 0 Å². The highest BCUT2D eigenvalue weighted by atomic mass is 32.2. The number of para-hydroxylation sites is 1.